The predicted molar refractivity (Wildman–Crippen MR) is 82.0 cm³/mol. The van der Waals surface area contributed by atoms with E-state index in [-0.39, 0.29) is 5.28 Å². The molecule has 8 heteroatoms. The third-order valence-electron chi connectivity index (χ3n) is 3.94. The van der Waals surface area contributed by atoms with Gasteiger partial charge in [0.25, 0.3) is 0 Å². The average Bonchev–Trinajstić information content (AvgIpc) is 2.98. The lowest BCUT2D eigenvalue weighted by Gasteiger charge is -2.32. The third-order valence-corrected chi connectivity index (χ3v) is 4.11. The Balaban J connectivity index is 1.67. The van der Waals surface area contributed by atoms with Gasteiger partial charge in [0.15, 0.2) is 0 Å². The molecule has 0 bridgehead atoms. The van der Waals surface area contributed by atoms with Gasteiger partial charge in [0, 0.05) is 38.8 Å². The highest BCUT2D eigenvalue weighted by Gasteiger charge is 2.30. The van der Waals surface area contributed by atoms with Gasteiger partial charge in [0.1, 0.15) is 0 Å². The van der Waals surface area contributed by atoms with Crippen LogP contribution in [-0.2, 0) is 4.74 Å². The van der Waals surface area contributed by atoms with Crippen molar-refractivity contribution in [2.75, 3.05) is 56.2 Å². The first-order valence-electron chi connectivity index (χ1n) is 7.48. The van der Waals surface area contributed by atoms with E-state index in [9.17, 15) is 0 Å². The van der Waals surface area contributed by atoms with E-state index in [4.69, 9.17) is 16.3 Å². The molecule has 0 aromatic carbocycles. The Morgan fingerprint density at radius 2 is 2.05 bits per heavy atom. The van der Waals surface area contributed by atoms with Crippen LogP contribution in [0.2, 0.25) is 5.28 Å². The van der Waals surface area contributed by atoms with E-state index >= 15 is 0 Å². The van der Waals surface area contributed by atoms with E-state index < -0.39 is 0 Å². The number of rotatable bonds is 4. The van der Waals surface area contributed by atoms with Crippen LogP contribution in [-0.4, -0.2) is 71.8 Å². The normalized spacial score (nSPS) is 23.5. The summed E-state index contributed by atoms with van der Waals surface area (Å²) >= 11 is 5.99. The lowest BCUT2D eigenvalue weighted by Crippen LogP contribution is -2.44. The molecule has 0 saturated carbocycles. The van der Waals surface area contributed by atoms with Crippen LogP contribution < -0.4 is 10.2 Å². The monoisotopic (exact) mass is 312 g/mol. The van der Waals surface area contributed by atoms with Crippen LogP contribution in [0.1, 0.15) is 13.3 Å². The summed E-state index contributed by atoms with van der Waals surface area (Å²) < 4.78 is 5.42. The molecule has 0 aliphatic carbocycles. The molecule has 3 rings (SSSR count). The summed E-state index contributed by atoms with van der Waals surface area (Å²) in [7, 11) is 0. The van der Waals surface area contributed by atoms with Gasteiger partial charge in [-0.1, -0.05) is 0 Å². The number of halogens is 1. The molecular formula is C13H21ClN6O. The maximum atomic E-state index is 5.99. The van der Waals surface area contributed by atoms with Gasteiger partial charge < -0.3 is 15.0 Å². The number of nitrogens with zero attached hydrogens (tertiary/aromatic N) is 5. The van der Waals surface area contributed by atoms with Gasteiger partial charge in [-0.2, -0.15) is 15.0 Å². The van der Waals surface area contributed by atoms with E-state index in [1.54, 1.807) is 0 Å². The molecule has 3 heterocycles. The number of nitrogens with one attached hydrogen (secondary N) is 1. The van der Waals surface area contributed by atoms with E-state index in [2.05, 4.69) is 30.1 Å². The highest BCUT2D eigenvalue weighted by molar-refractivity contribution is 6.28. The predicted octanol–water partition coefficient (Wildman–Crippen LogP) is 0.868. The van der Waals surface area contributed by atoms with Crippen molar-refractivity contribution in [1.82, 2.24) is 19.9 Å². The summed E-state index contributed by atoms with van der Waals surface area (Å²) in [5.41, 5.74) is 0. The second kappa shape index (κ2) is 6.72. The summed E-state index contributed by atoms with van der Waals surface area (Å²) in [6, 6.07) is 0.548. The fraction of sp³-hybridized carbons (Fsp3) is 0.769. The van der Waals surface area contributed by atoms with E-state index in [0.717, 1.165) is 52.4 Å². The van der Waals surface area contributed by atoms with Crippen LogP contribution in [0.5, 0.6) is 0 Å². The summed E-state index contributed by atoms with van der Waals surface area (Å²) in [5.74, 6) is 1.21. The molecule has 1 atom stereocenters. The van der Waals surface area contributed by atoms with E-state index in [0.29, 0.717) is 17.9 Å². The molecule has 7 nitrogen and oxygen atoms in total. The van der Waals surface area contributed by atoms with Gasteiger partial charge in [-0.25, -0.2) is 0 Å². The number of anilines is 2. The summed E-state index contributed by atoms with van der Waals surface area (Å²) in [6.45, 7) is 8.34. The molecule has 116 valence electrons. The number of hydrogen-bond acceptors (Lipinski definition) is 7. The molecule has 0 radical (unpaired) electrons. The Hall–Kier alpha value is -1.18. The maximum absolute atomic E-state index is 5.99. The van der Waals surface area contributed by atoms with Crippen LogP contribution >= 0.6 is 11.6 Å². The minimum atomic E-state index is 0.241. The van der Waals surface area contributed by atoms with Crippen LogP contribution in [0.4, 0.5) is 11.9 Å². The smallest absolute Gasteiger partial charge is 0.231 e. The quantitative estimate of drug-likeness (QED) is 0.884. The van der Waals surface area contributed by atoms with Gasteiger partial charge in [-0.05, 0) is 24.9 Å². The van der Waals surface area contributed by atoms with Crippen molar-refractivity contribution in [2.24, 2.45) is 0 Å². The Labute approximate surface area is 129 Å². The number of hydrogen-bond donors (Lipinski definition) is 1. The first-order chi connectivity index (χ1) is 10.3. The van der Waals surface area contributed by atoms with Gasteiger partial charge in [-0.3, -0.25) is 4.90 Å². The van der Waals surface area contributed by atoms with Crippen molar-refractivity contribution in [1.29, 1.82) is 0 Å². The van der Waals surface area contributed by atoms with Crippen LogP contribution in [0.15, 0.2) is 0 Å². The lowest BCUT2D eigenvalue weighted by atomic mass is 10.2. The molecule has 21 heavy (non-hydrogen) atoms. The molecule has 2 aliphatic heterocycles. The van der Waals surface area contributed by atoms with Crippen molar-refractivity contribution in [2.45, 2.75) is 19.4 Å². The number of ether oxygens (including phenoxy) is 1. The summed E-state index contributed by atoms with van der Waals surface area (Å²) in [5, 5.41) is 3.33. The first kappa shape index (κ1) is 14.7. The topological polar surface area (TPSA) is 66.4 Å². The fourth-order valence-corrected chi connectivity index (χ4v) is 3.04. The molecule has 1 unspecified atom stereocenters. The van der Waals surface area contributed by atoms with Crippen LogP contribution in [0.25, 0.3) is 0 Å². The fourth-order valence-electron chi connectivity index (χ4n) is 2.88. The molecule has 0 spiro atoms. The van der Waals surface area contributed by atoms with Crippen molar-refractivity contribution >= 4 is 23.5 Å². The largest absolute Gasteiger partial charge is 0.379 e. The van der Waals surface area contributed by atoms with Gasteiger partial charge in [-0.15, -0.1) is 0 Å². The van der Waals surface area contributed by atoms with Crippen molar-refractivity contribution in [3.63, 3.8) is 0 Å². The van der Waals surface area contributed by atoms with Crippen molar-refractivity contribution in [3.8, 4) is 0 Å². The minimum absolute atomic E-state index is 0.241. The van der Waals surface area contributed by atoms with E-state index in [1.165, 1.54) is 0 Å². The highest BCUT2D eigenvalue weighted by Crippen LogP contribution is 2.22. The zero-order valence-corrected chi connectivity index (χ0v) is 13.0. The van der Waals surface area contributed by atoms with Gasteiger partial charge in [0.05, 0.1) is 13.2 Å². The Bertz CT molecular complexity index is 482. The third kappa shape index (κ3) is 3.53. The second-order valence-corrected chi connectivity index (χ2v) is 5.63. The second-order valence-electron chi connectivity index (χ2n) is 5.30. The maximum Gasteiger partial charge on any atom is 0.231 e. The minimum Gasteiger partial charge on any atom is -0.379 e. The molecular weight excluding hydrogens is 292 g/mol. The Kier molecular flexibility index (Phi) is 4.72. The van der Waals surface area contributed by atoms with Crippen LogP contribution in [0.3, 0.4) is 0 Å². The van der Waals surface area contributed by atoms with Crippen LogP contribution in [0, 0.1) is 0 Å². The molecule has 2 aliphatic rings. The molecule has 1 aromatic heterocycles. The summed E-state index contributed by atoms with van der Waals surface area (Å²) in [6.07, 6.45) is 1.12. The van der Waals surface area contributed by atoms with Gasteiger partial charge in [0.2, 0.25) is 17.2 Å². The highest BCUT2D eigenvalue weighted by atomic mass is 35.5. The van der Waals surface area contributed by atoms with Crippen molar-refractivity contribution in [3.05, 3.63) is 5.28 Å². The van der Waals surface area contributed by atoms with Crippen molar-refractivity contribution < 1.29 is 4.74 Å². The standard InChI is InChI=1S/C13H21ClN6O/c1-2-15-12-16-11(14)17-13(18-12)20-4-3-10(9-20)19-5-7-21-8-6-19/h10H,2-9H2,1H3,(H,15,16,17,18). The number of morpholine rings is 1. The lowest BCUT2D eigenvalue weighted by molar-refractivity contribution is 0.0209. The molecule has 1 aromatic rings. The molecule has 2 fully saturated rings. The average molecular weight is 313 g/mol. The zero-order chi connectivity index (χ0) is 14.7. The van der Waals surface area contributed by atoms with Gasteiger partial charge >= 0.3 is 0 Å². The molecule has 0 amide bonds. The zero-order valence-electron chi connectivity index (χ0n) is 12.3. The van der Waals surface area contributed by atoms with E-state index in [1.807, 2.05) is 6.92 Å². The molecule has 2 saturated heterocycles. The molecule has 1 N–H and O–H groups in total. The SMILES string of the molecule is CCNc1nc(Cl)nc(N2CCC(N3CCOCC3)C2)n1. The Morgan fingerprint density at radius 1 is 1.24 bits per heavy atom. The first-order valence-corrected chi connectivity index (χ1v) is 7.86. The number of aromatic nitrogens is 3. The summed E-state index contributed by atoms with van der Waals surface area (Å²) in [4.78, 5) is 17.5. The Morgan fingerprint density at radius 3 is 2.81 bits per heavy atom.